The lowest BCUT2D eigenvalue weighted by Gasteiger charge is -2.69. The Labute approximate surface area is 440 Å². The Hall–Kier alpha value is -2.03. The molecule has 0 amide bonds. The van der Waals surface area contributed by atoms with Crippen LogP contribution < -0.4 is 0 Å². The van der Waals surface area contributed by atoms with E-state index >= 15 is 0 Å². The first-order chi connectivity index (χ1) is 35.5. The van der Waals surface area contributed by atoms with Gasteiger partial charge in [0.25, 0.3) is 0 Å². The van der Waals surface area contributed by atoms with Crippen molar-refractivity contribution < 1.29 is 97.4 Å². The van der Waals surface area contributed by atoms with Gasteiger partial charge in [0.1, 0.15) is 53.9 Å². The van der Waals surface area contributed by atoms with Crippen LogP contribution in [0.15, 0.2) is 30.3 Å². The van der Waals surface area contributed by atoms with Crippen LogP contribution in [0.4, 0.5) is 0 Å². The van der Waals surface area contributed by atoms with Gasteiger partial charge in [-0.1, -0.05) is 32.0 Å². The minimum atomic E-state index is -1.88. The van der Waals surface area contributed by atoms with Crippen molar-refractivity contribution in [3.05, 3.63) is 35.9 Å². The highest BCUT2D eigenvalue weighted by molar-refractivity contribution is 5.89. The second kappa shape index (κ2) is 22.1. The van der Waals surface area contributed by atoms with Crippen molar-refractivity contribution in [2.45, 2.75) is 259 Å². The number of ether oxygens (including phenoxy) is 12. The molecule has 1 aromatic carbocycles. The predicted octanol–water partition coefficient (Wildman–Crippen LogP) is 3.02. The molecule has 0 radical (unpaired) electrons. The fraction of sp³-hybridized carbons (Fsp3) is 0.873. The van der Waals surface area contributed by atoms with Crippen LogP contribution >= 0.6 is 0 Å². The van der Waals surface area contributed by atoms with Gasteiger partial charge in [0.15, 0.2) is 25.2 Å². The number of fused-ring (bicyclic) bond motifs is 5. The van der Waals surface area contributed by atoms with Crippen LogP contribution in [0.2, 0.25) is 0 Å². The number of esters is 1. The van der Waals surface area contributed by atoms with E-state index in [1.54, 1.807) is 58.4 Å². The molecule has 9 rings (SSSR count). The van der Waals surface area contributed by atoms with Gasteiger partial charge in [0.2, 0.25) is 0 Å². The van der Waals surface area contributed by atoms with Crippen molar-refractivity contribution in [1.29, 1.82) is 0 Å². The lowest BCUT2D eigenvalue weighted by Crippen LogP contribution is -2.79. The second-order valence-electron chi connectivity index (χ2n) is 23.7. The molecule has 8 aliphatic rings. The molecule has 0 spiro atoms. The summed E-state index contributed by atoms with van der Waals surface area (Å²) >= 11 is 0. The van der Waals surface area contributed by atoms with Crippen LogP contribution in [-0.4, -0.2) is 203 Å². The molecule has 426 valence electrons. The lowest BCUT2D eigenvalue weighted by molar-refractivity contribution is -0.356. The standard InChI is InChI=1S/C55H86O20/c1-27-43(58)48(66-10)44(59)50(70-27)75-47-30(4)69-42(25-37(47)65-9)74-46-29(3)68-41(24-36(46)64-8)73-45-28(2)67-40(23-35(45)57)71-34-17-18-51(6)33(22-34)16-19-54(62)38(51)26-39(72-49(60)32-14-12-11-13-15-32)52(7)53(61,31(5)56)20-21-55(52,54)63/h11-15,27-31,33-48,50,56-59,61-63H,16-26H2,1-10H3/t27?,28?,29?,30?,31?,33-,34-,35?,36?,37?,38?,39?,40?,41?,42?,43?,44?,45?,46?,47?,48?,50?,51-,52+,53+,54-,55+/m0/s1. The minimum Gasteiger partial charge on any atom is -0.458 e. The van der Waals surface area contributed by atoms with Gasteiger partial charge in [-0.2, -0.15) is 0 Å². The lowest BCUT2D eigenvalue weighted by atomic mass is 9.40. The number of carbonyl (C=O) groups excluding carboxylic acids is 1. The molecule has 20 heteroatoms. The molecular formula is C55H86O20. The largest absolute Gasteiger partial charge is 0.458 e. The number of rotatable bonds is 14. The Morgan fingerprint density at radius 3 is 1.81 bits per heavy atom. The van der Waals surface area contributed by atoms with Crippen molar-refractivity contribution in [3.63, 3.8) is 0 Å². The highest BCUT2D eigenvalue weighted by Crippen LogP contribution is 2.72. The molecular weight excluding hydrogens is 981 g/mol. The molecule has 4 aliphatic heterocycles. The van der Waals surface area contributed by atoms with Gasteiger partial charge in [-0.05, 0) is 115 Å². The molecule has 0 bridgehead atoms. The maximum Gasteiger partial charge on any atom is 0.338 e. The fourth-order valence-electron chi connectivity index (χ4n) is 15.4. The van der Waals surface area contributed by atoms with Gasteiger partial charge in [0, 0.05) is 40.6 Å². The summed E-state index contributed by atoms with van der Waals surface area (Å²) in [5.41, 5.74) is -7.12. The van der Waals surface area contributed by atoms with Crippen LogP contribution in [0, 0.1) is 22.7 Å². The van der Waals surface area contributed by atoms with Crippen LogP contribution in [0.3, 0.4) is 0 Å². The molecule has 7 N–H and O–H groups in total. The van der Waals surface area contributed by atoms with E-state index in [9.17, 15) is 40.5 Å². The SMILES string of the molecule is COC1CC(OC2C(O)CC(O[C@H]3CC[C@]4(C)C5CC(OC(=O)c6ccccc6)[C@@]6(C)[C@](O)(CC[C@@]6(O)C(C)O)[C@]5(O)CC[C@H]4C3)OC2C)OC(C)C1OC1CC(OC)C(OC2OC(C)C(O)C(OC)C2O)C(C)O1. The first-order valence-electron chi connectivity index (χ1n) is 27.4. The van der Waals surface area contributed by atoms with Gasteiger partial charge < -0.3 is 92.6 Å². The van der Waals surface area contributed by atoms with Crippen molar-refractivity contribution in [2.24, 2.45) is 22.7 Å². The topological polar surface area (TPSA) is 269 Å². The van der Waals surface area contributed by atoms with Crippen LogP contribution in [-0.2, 0) is 56.8 Å². The van der Waals surface area contributed by atoms with E-state index < -0.39 is 156 Å². The third-order valence-electron chi connectivity index (χ3n) is 19.9. The summed E-state index contributed by atoms with van der Waals surface area (Å²) in [6, 6.07) is 8.58. The number of aliphatic hydroxyl groups excluding tert-OH is 4. The first-order valence-corrected chi connectivity index (χ1v) is 27.4. The first kappa shape index (κ1) is 57.6. The van der Waals surface area contributed by atoms with Gasteiger partial charge in [-0.15, -0.1) is 0 Å². The Balaban J connectivity index is 0.790. The average Bonchev–Trinajstić information content (AvgIpc) is 3.77. The van der Waals surface area contributed by atoms with Crippen molar-refractivity contribution in [1.82, 2.24) is 0 Å². The summed E-state index contributed by atoms with van der Waals surface area (Å²) in [4.78, 5) is 13.7. The van der Waals surface area contributed by atoms with Gasteiger partial charge in [-0.25, -0.2) is 4.79 Å². The third kappa shape index (κ3) is 9.97. The normalized spacial score (nSPS) is 51.5. The van der Waals surface area contributed by atoms with E-state index in [0.717, 1.165) is 0 Å². The molecule has 1 aromatic rings. The Morgan fingerprint density at radius 1 is 0.640 bits per heavy atom. The molecule has 20 nitrogen and oxygen atoms in total. The smallest absolute Gasteiger partial charge is 0.338 e. The number of aliphatic hydroxyl groups is 7. The Kier molecular flexibility index (Phi) is 17.0. The quantitative estimate of drug-likeness (QED) is 0.104. The summed E-state index contributed by atoms with van der Waals surface area (Å²) < 4.78 is 74.3. The maximum absolute atomic E-state index is 13.7. The molecule has 8 fully saturated rings. The molecule has 0 aromatic heterocycles. The Bertz CT molecular complexity index is 2080. The van der Waals surface area contributed by atoms with Crippen LogP contribution in [0.5, 0.6) is 0 Å². The average molecular weight is 1070 g/mol. The van der Waals surface area contributed by atoms with E-state index in [0.29, 0.717) is 31.2 Å². The van der Waals surface area contributed by atoms with Crippen molar-refractivity contribution in [3.8, 4) is 0 Å². The number of methoxy groups -OCH3 is 3. The molecule has 4 saturated carbocycles. The van der Waals surface area contributed by atoms with Crippen molar-refractivity contribution in [2.75, 3.05) is 21.3 Å². The zero-order valence-corrected chi connectivity index (χ0v) is 45.3. The monoisotopic (exact) mass is 1070 g/mol. The van der Waals surface area contributed by atoms with Gasteiger partial charge >= 0.3 is 5.97 Å². The minimum absolute atomic E-state index is 0.0241. The molecule has 20 unspecified atom stereocenters. The van der Waals surface area contributed by atoms with Crippen LogP contribution in [0.1, 0.15) is 129 Å². The Morgan fingerprint density at radius 2 is 1.23 bits per heavy atom. The zero-order chi connectivity index (χ0) is 54.2. The van der Waals surface area contributed by atoms with Gasteiger partial charge in [0.05, 0.1) is 71.5 Å². The summed E-state index contributed by atoms with van der Waals surface area (Å²) in [5, 5.41) is 82.3. The number of benzene rings is 1. The summed E-state index contributed by atoms with van der Waals surface area (Å²) in [6.45, 7) is 12.5. The maximum atomic E-state index is 13.7. The van der Waals surface area contributed by atoms with E-state index in [1.165, 1.54) is 14.0 Å². The molecule has 4 heterocycles. The fourth-order valence-corrected chi connectivity index (χ4v) is 15.4. The number of hydrogen-bond acceptors (Lipinski definition) is 20. The van der Waals surface area contributed by atoms with E-state index in [1.807, 2.05) is 20.8 Å². The third-order valence-corrected chi connectivity index (χ3v) is 19.9. The zero-order valence-electron chi connectivity index (χ0n) is 45.3. The number of hydrogen-bond donors (Lipinski definition) is 7. The van der Waals surface area contributed by atoms with Crippen molar-refractivity contribution >= 4 is 5.97 Å². The molecule has 27 atom stereocenters. The number of carbonyl (C=O) groups is 1. The summed E-state index contributed by atoms with van der Waals surface area (Å²) in [7, 11) is 4.57. The van der Waals surface area contributed by atoms with Gasteiger partial charge in [-0.3, -0.25) is 0 Å². The summed E-state index contributed by atoms with van der Waals surface area (Å²) in [5.74, 6) is -1.04. The second-order valence-corrected chi connectivity index (χ2v) is 23.7. The molecule has 75 heavy (non-hydrogen) atoms. The van der Waals surface area contributed by atoms with Crippen LogP contribution in [0.25, 0.3) is 0 Å². The molecule has 4 saturated heterocycles. The van der Waals surface area contributed by atoms with E-state index in [2.05, 4.69) is 6.92 Å². The molecule has 4 aliphatic carbocycles. The highest BCUT2D eigenvalue weighted by Gasteiger charge is 2.81. The van der Waals surface area contributed by atoms with E-state index in [-0.39, 0.29) is 57.0 Å². The van der Waals surface area contributed by atoms with E-state index in [4.69, 9.17) is 56.8 Å². The summed E-state index contributed by atoms with van der Waals surface area (Å²) in [6.07, 6.45) is -11.4. The highest BCUT2D eigenvalue weighted by atomic mass is 16.8. The predicted molar refractivity (Wildman–Crippen MR) is 263 cm³/mol.